The van der Waals surface area contributed by atoms with Gasteiger partial charge in [0.15, 0.2) is 6.61 Å². The minimum Gasteiger partial charge on any atom is -0.452 e. The fraction of sp³-hybridized carbons (Fsp3) is 0.222. The van der Waals surface area contributed by atoms with Crippen LogP contribution in [0.3, 0.4) is 0 Å². The molecule has 5 nitrogen and oxygen atoms in total. The molecule has 0 bridgehead atoms. The molecule has 2 rings (SSSR count). The molecule has 0 aromatic heterocycles. The third kappa shape index (κ3) is 4.55. The molecule has 0 saturated heterocycles. The van der Waals surface area contributed by atoms with E-state index in [4.69, 9.17) is 10.5 Å². The van der Waals surface area contributed by atoms with Gasteiger partial charge in [0, 0.05) is 18.8 Å². The smallest absolute Gasteiger partial charge is 0.340 e. The highest BCUT2D eigenvalue weighted by molar-refractivity contribution is 5.96. The van der Waals surface area contributed by atoms with Crippen molar-refractivity contribution < 1.29 is 18.7 Å². The molecule has 126 valence electrons. The third-order valence-corrected chi connectivity index (χ3v) is 3.51. The number of ether oxygens (including phenoxy) is 1. The van der Waals surface area contributed by atoms with Gasteiger partial charge >= 0.3 is 5.97 Å². The van der Waals surface area contributed by atoms with E-state index in [9.17, 15) is 14.0 Å². The van der Waals surface area contributed by atoms with Gasteiger partial charge in [-0.3, -0.25) is 4.79 Å². The second-order valence-electron chi connectivity index (χ2n) is 5.20. The molecule has 0 heterocycles. The number of hydrogen-bond acceptors (Lipinski definition) is 4. The van der Waals surface area contributed by atoms with Crippen LogP contribution in [0.25, 0.3) is 0 Å². The number of esters is 1. The van der Waals surface area contributed by atoms with Crippen LogP contribution in [-0.2, 0) is 16.1 Å². The van der Waals surface area contributed by atoms with Crippen LogP contribution in [0.1, 0.15) is 22.8 Å². The topological polar surface area (TPSA) is 72.6 Å². The predicted octanol–water partition coefficient (Wildman–Crippen LogP) is 2.61. The van der Waals surface area contributed by atoms with Crippen LogP contribution in [0, 0.1) is 5.82 Å². The minimum atomic E-state index is -0.753. The maximum Gasteiger partial charge on any atom is 0.340 e. The molecule has 2 aromatic rings. The number of carbonyl (C=O) groups excluding carboxylic acids is 2. The summed E-state index contributed by atoms with van der Waals surface area (Å²) >= 11 is 0. The van der Waals surface area contributed by atoms with Crippen molar-refractivity contribution in [3.8, 4) is 0 Å². The van der Waals surface area contributed by atoms with E-state index in [-0.39, 0.29) is 17.2 Å². The summed E-state index contributed by atoms with van der Waals surface area (Å²) in [6.07, 6.45) is 0. The Labute approximate surface area is 139 Å². The van der Waals surface area contributed by atoms with Crippen LogP contribution in [0.5, 0.6) is 0 Å². The first kappa shape index (κ1) is 17.5. The van der Waals surface area contributed by atoms with Gasteiger partial charge in [-0.1, -0.05) is 30.3 Å². The number of hydrogen-bond donors (Lipinski definition) is 1. The highest BCUT2D eigenvalue weighted by Crippen LogP contribution is 2.14. The van der Waals surface area contributed by atoms with Gasteiger partial charge in [-0.25, -0.2) is 9.18 Å². The summed E-state index contributed by atoms with van der Waals surface area (Å²) in [6.45, 7) is 2.38. The largest absolute Gasteiger partial charge is 0.452 e. The second-order valence-corrected chi connectivity index (χ2v) is 5.20. The zero-order valence-corrected chi connectivity index (χ0v) is 13.4. The molecule has 24 heavy (non-hydrogen) atoms. The Morgan fingerprint density at radius 1 is 1.17 bits per heavy atom. The fourth-order valence-electron chi connectivity index (χ4n) is 2.20. The molecule has 0 saturated carbocycles. The predicted molar refractivity (Wildman–Crippen MR) is 88.6 cm³/mol. The Bertz CT molecular complexity index is 719. The molecule has 0 radical (unpaired) electrons. The number of nitrogens with two attached hydrogens (primary N) is 1. The van der Waals surface area contributed by atoms with Crippen LogP contribution < -0.4 is 5.73 Å². The van der Waals surface area contributed by atoms with Gasteiger partial charge in [0.25, 0.3) is 5.91 Å². The average Bonchev–Trinajstić information content (AvgIpc) is 2.58. The minimum absolute atomic E-state index is 0.0240. The SMILES string of the molecule is CCN(Cc1ccccc1)C(=O)COC(=O)c1ccc(F)cc1N. The van der Waals surface area contributed by atoms with Gasteiger partial charge in [0.2, 0.25) is 0 Å². The van der Waals surface area contributed by atoms with Gasteiger partial charge in [0.05, 0.1) is 5.56 Å². The summed E-state index contributed by atoms with van der Waals surface area (Å²) in [6, 6.07) is 12.9. The molecule has 0 atom stereocenters. The number of rotatable bonds is 6. The van der Waals surface area contributed by atoms with Crippen LogP contribution >= 0.6 is 0 Å². The summed E-state index contributed by atoms with van der Waals surface area (Å²) in [5.74, 6) is -1.60. The summed E-state index contributed by atoms with van der Waals surface area (Å²) in [5.41, 5.74) is 6.58. The Hall–Kier alpha value is -2.89. The van der Waals surface area contributed by atoms with Gasteiger partial charge in [-0.15, -0.1) is 0 Å². The van der Waals surface area contributed by atoms with Crippen molar-refractivity contribution in [1.29, 1.82) is 0 Å². The van der Waals surface area contributed by atoms with Crippen molar-refractivity contribution in [3.05, 3.63) is 65.5 Å². The van der Waals surface area contributed by atoms with Crippen molar-refractivity contribution in [3.63, 3.8) is 0 Å². The Kier molecular flexibility index (Phi) is 5.89. The first-order valence-corrected chi connectivity index (χ1v) is 7.55. The molecule has 1 amide bonds. The van der Waals surface area contributed by atoms with Gasteiger partial charge in [0.1, 0.15) is 5.82 Å². The first-order valence-electron chi connectivity index (χ1n) is 7.55. The number of nitrogen functional groups attached to an aromatic ring is 1. The van der Waals surface area contributed by atoms with Crippen molar-refractivity contribution in [1.82, 2.24) is 4.90 Å². The van der Waals surface area contributed by atoms with E-state index >= 15 is 0 Å². The molecule has 0 spiro atoms. The number of halogens is 1. The highest BCUT2D eigenvalue weighted by Gasteiger charge is 2.17. The number of benzene rings is 2. The lowest BCUT2D eigenvalue weighted by atomic mass is 10.2. The Morgan fingerprint density at radius 3 is 2.50 bits per heavy atom. The molecule has 0 aliphatic rings. The maximum absolute atomic E-state index is 13.0. The van der Waals surface area contributed by atoms with E-state index in [1.54, 1.807) is 4.90 Å². The molecule has 2 aromatic carbocycles. The van der Waals surface area contributed by atoms with Gasteiger partial charge < -0.3 is 15.4 Å². The third-order valence-electron chi connectivity index (χ3n) is 3.51. The van der Waals surface area contributed by atoms with E-state index in [0.29, 0.717) is 13.1 Å². The number of nitrogens with zero attached hydrogens (tertiary/aromatic N) is 1. The lowest BCUT2D eigenvalue weighted by Gasteiger charge is -2.21. The molecular weight excluding hydrogens is 311 g/mol. The molecule has 6 heteroatoms. The van der Waals surface area contributed by atoms with Gasteiger partial charge in [-0.05, 0) is 30.7 Å². The van der Waals surface area contributed by atoms with Crippen molar-refractivity contribution in [2.24, 2.45) is 0 Å². The summed E-state index contributed by atoms with van der Waals surface area (Å²) in [5, 5.41) is 0. The maximum atomic E-state index is 13.0. The second kappa shape index (κ2) is 8.10. The molecule has 2 N–H and O–H groups in total. The van der Waals surface area contributed by atoms with E-state index < -0.39 is 18.4 Å². The van der Waals surface area contributed by atoms with Crippen molar-refractivity contribution >= 4 is 17.6 Å². The molecule has 0 aliphatic carbocycles. The lowest BCUT2D eigenvalue weighted by molar-refractivity contribution is -0.134. The monoisotopic (exact) mass is 330 g/mol. The number of carbonyl (C=O) groups is 2. The quantitative estimate of drug-likeness (QED) is 0.653. The normalized spacial score (nSPS) is 10.2. The molecule has 0 unspecified atom stereocenters. The summed E-state index contributed by atoms with van der Waals surface area (Å²) in [4.78, 5) is 25.7. The Morgan fingerprint density at radius 2 is 1.88 bits per heavy atom. The molecular formula is C18H19FN2O3. The van der Waals surface area contributed by atoms with Crippen molar-refractivity contribution in [2.45, 2.75) is 13.5 Å². The van der Waals surface area contributed by atoms with Crippen LogP contribution in [0.2, 0.25) is 0 Å². The summed E-state index contributed by atoms with van der Waals surface area (Å²) < 4.78 is 18.0. The lowest BCUT2D eigenvalue weighted by Crippen LogP contribution is -2.34. The standard InChI is InChI=1S/C18H19FN2O3/c1-2-21(11-13-6-4-3-5-7-13)17(22)12-24-18(23)15-9-8-14(19)10-16(15)20/h3-10H,2,11-12,20H2,1H3. The van der Waals surface area contributed by atoms with Gasteiger partial charge in [-0.2, -0.15) is 0 Å². The molecule has 0 aliphatic heterocycles. The van der Waals surface area contributed by atoms with E-state index in [1.165, 1.54) is 6.07 Å². The van der Waals surface area contributed by atoms with E-state index in [1.807, 2.05) is 37.3 Å². The Balaban J connectivity index is 1.94. The van der Waals surface area contributed by atoms with E-state index in [0.717, 1.165) is 17.7 Å². The molecule has 0 fully saturated rings. The number of likely N-dealkylation sites (N-methyl/N-ethyl adjacent to an activating group) is 1. The number of amides is 1. The highest BCUT2D eigenvalue weighted by atomic mass is 19.1. The number of anilines is 1. The first-order chi connectivity index (χ1) is 11.5. The van der Waals surface area contributed by atoms with Crippen LogP contribution in [0.15, 0.2) is 48.5 Å². The van der Waals surface area contributed by atoms with Crippen LogP contribution in [-0.4, -0.2) is 29.9 Å². The zero-order chi connectivity index (χ0) is 17.5. The average molecular weight is 330 g/mol. The van der Waals surface area contributed by atoms with E-state index in [2.05, 4.69) is 0 Å². The van der Waals surface area contributed by atoms with Crippen molar-refractivity contribution in [2.75, 3.05) is 18.9 Å². The van der Waals surface area contributed by atoms with Crippen LogP contribution in [0.4, 0.5) is 10.1 Å². The fourth-order valence-corrected chi connectivity index (χ4v) is 2.20. The summed E-state index contributed by atoms with van der Waals surface area (Å²) in [7, 11) is 0. The zero-order valence-electron chi connectivity index (χ0n) is 13.4.